The van der Waals surface area contributed by atoms with Gasteiger partial charge in [-0.2, -0.15) is 0 Å². The number of rotatable bonds is 5. The van der Waals surface area contributed by atoms with Gasteiger partial charge in [-0.05, 0) is 38.1 Å². The maximum Gasteiger partial charge on any atom is 0.266 e. The van der Waals surface area contributed by atoms with Gasteiger partial charge in [-0.25, -0.2) is 19.9 Å². The minimum Gasteiger partial charge on any atom is -0.394 e. The Morgan fingerprint density at radius 1 is 0.921 bits per heavy atom. The van der Waals surface area contributed by atoms with Crippen molar-refractivity contribution in [3.05, 3.63) is 84.4 Å². The van der Waals surface area contributed by atoms with E-state index in [0.717, 1.165) is 4.90 Å². The lowest BCUT2D eigenvalue weighted by Crippen LogP contribution is -2.38. The number of hydrogen-bond acceptors (Lipinski definition) is 9. The SMILES string of the molecule is CC1(C)O[C@@H]2[C@H](O1)[C@@H](CO)O[C@H]2n1cnc2c(N(C(=O)c3ccccc3)C(=O)c3ccccc3)ncnc21. The zero-order valence-electron chi connectivity index (χ0n) is 20.7. The van der Waals surface area contributed by atoms with Crippen LogP contribution in [-0.4, -0.2) is 67.1 Å². The summed E-state index contributed by atoms with van der Waals surface area (Å²) in [6, 6.07) is 17.0. The zero-order chi connectivity index (χ0) is 26.4. The second-order valence-corrected chi connectivity index (χ2v) is 9.51. The molecule has 2 aliphatic heterocycles. The molecule has 2 saturated heterocycles. The molecule has 2 fully saturated rings. The first-order valence-electron chi connectivity index (χ1n) is 12.2. The molecule has 11 nitrogen and oxygen atoms in total. The molecule has 194 valence electrons. The van der Waals surface area contributed by atoms with Crippen molar-refractivity contribution >= 4 is 28.8 Å². The molecule has 6 rings (SSSR count). The molecule has 0 saturated carbocycles. The fraction of sp³-hybridized carbons (Fsp3) is 0.296. The van der Waals surface area contributed by atoms with Crippen LogP contribution in [0.3, 0.4) is 0 Å². The maximum atomic E-state index is 13.7. The molecule has 2 aliphatic rings. The summed E-state index contributed by atoms with van der Waals surface area (Å²) in [5, 5.41) is 9.87. The number of hydrogen-bond donors (Lipinski definition) is 1. The number of aromatic nitrogens is 4. The quantitative estimate of drug-likeness (QED) is 0.399. The molecule has 0 bridgehead atoms. The fourth-order valence-corrected chi connectivity index (χ4v) is 4.92. The van der Waals surface area contributed by atoms with Crippen molar-refractivity contribution in [3.63, 3.8) is 0 Å². The third kappa shape index (κ3) is 4.05. The highest BCUT2D eigenvalue weighted by atomic mass is 16.8. The molecular formula is C27H25N5O6. The van der Waals surface area contributed by atoms with Crippen LogP contribution < -0.4 is 4.90 Å². The topological polar surface area (TPSA) is 129 Å². The molecule has 11 heteroatoms. The highest BCUT2D eigenvalue weighted by molar-refractivity contribution is 6.27. The van der Waals surface area contributed by atoms with Crippen molar-refractivity contribution < 1.29 is 28.9 Å². The van der Waals surface area contributed by atoms with Crippen LogP contribution in [0.1, 0.15) is 40.8 Å². The first kappa shape index (κ1) is 24.3. The number of fused-ring (bicyclic) bond motifs is 2. The molecule has 0 radical (unpaired) electrons. The lowest BCUT2D eigenvalue weighted by Gasteiger charge is -2.24. The van der Waals surface area contributed by atoms with E-state index in [1.807, 2.05) is 0 Å². The van der Waals surface area contributed by atoms with Crippen LogP contribution in [0.4, 0.5) is 5.82 Å². The Balaban J connectivity index is 1.45. The molecule has 4 aromatic rings. The summed E-state index contributed by atoms with van der Waals surface area (Å²) in [4.78, 5) is 41.6. The Morgan fingerprint density at radius 2 is 1.53 bits per heavy atom. The van der Waals surface area contributed by atoms with Crippen LogP contribution in [0.25, 0.3) is 11.2 Å². The third-order valence-corrected chi connectivity index (χ3v) is 6.58. The number of anilines is 1. The van der Waals surface area contributed by atoms with E-state index in [-0.39, 0.29) is 17.9 Å². The fourth-order valence-electron chi connectivity index (χ4n) is 4.92. The monoisotopic (exact) mass is 515 g/mol. The van der Waals surface area contributed by atoms with E-state index in [9.17, 15) is 14.7 Å². The van der Waals surface area contributed by atoms with Gasteiger partial charge in [0, 0.05) is 11.1 Å². The number of imide groups is 1. The van der Waals surface area contributed by atoms with Crippen molar-refractivity contribution in [2.24, 2.45) is 0 Å². The first-order chi connectivity index (χ1) is 18.4. The zero-order valence-corrected chi connectivity index (χ0v) is 20.7. The Bertz CT molecular complexity index is 1440. The van der Waals surface area contributed by atoms with Crippen molar-refractivity contribution in [2.75, 3.05) is 11.5 Å². The molecule has 4 atom stereocenters. The van der Waals surface area contributed by atoms with Gasteiger partial charge in [0.05, 0.1) is 12.9 Å². The Kier molecular flexibility index (Phi) is 6.00. The van der Waals surface area contributed by atoms with E-state index >= 15 is 0 Å². The molecule has 0 spiro atoms. The van der Waals surface area contributed by atoms with Gasteiger partial charge in [-0.3, -0.25) is 14.2 Å². The number of carbonyl (C=O) groups is 2. The smallest absolute Gasteiger partial charge is 0.266 e. The Labute approximate surface area is 217 Å². The van der Waals surface area contributed by atoms with Gasteiger partial charge in [0.25, 0.3) is 11.8 Å². The van der Waals surface area contributed by atoms with E-state index < -0.39 is 42.1 Å². The molecule has 2 amide bonds. The minimum absolute atomic E-state index is 0.0358. The second kappa shape index (κ2) is 9.37. The highest BCUT2D eigenvalue weighted by Gasteiger charge is 2.56. The summed E-state index contributed by atoms with van der Waals surface area (Å²) in [5.41, 5.74) is 1.19. The van der Waals surface area contributed by atoms with Crippen LogP contribution in [-0.2, 0) is 14.2 Å². The number of carbonyl (C=O) groups excluding carboxylic acids is 2. The Hall–Kier alpha value is -4.03. The third-order valence-electron chi connectivity index (χ3n) is 6.58. The molecule has 0 aliphatic carbocycles. The Morgan fingerprint density at radius 3 is 2.13 bits per heavy atom. The number of aliphatic hydroxyl groups is 1. The van der Waals surface area contributed by atoms with Crippen molar-refractivity contribution in [2.45, 2.75) is 44.2 Å². The summed E-state index contributed by atoms with van der Waals surface area (Å²) < 4.78 is 19.8. The van der Waals surface area contributed by atoms with Crippen LogP contribution in [0.5, 0.6) is 0 Å². The van der Waals surface area contributed by atoms with Gasteiger partial charge in [0.15, 0.2) is 29.0 Å². The van der Waals surface area contributed by atoms with Crippen LogP contribution in [0.15, 0.2) is 73.3 Å². The average Bonchev–Trinajstić information content (AvgIpc) is 3.60. The highest BCUT2D eigenvalue weighted by Crippen LogP contribution is 2.43. The van der Waals surface area contributed by atoms with E-state index in [1.165, 1.54) is 12.7 Å². The van der Waals surface area contributed by atoms with Crippen molar-refractivity contribution in [3.8, 4) is 0 Å². The van der Waals surface area contributed by atoms with Gasteiger partial charge in [0.1, 0.15) is 24.6 Å². The van der Waals surface area contributed by atoms with Gasteiger partial charge in [-0.15, -0.1) is 0 Å². The van der Waals surface area contributed by atoms with Gasteiger partial charge >= 0.3 is 0 Å². The summed E-state index contributed by atoms with van der Waals surface area (Å²) in [6.45, 7) is 3.34. The number of aliphatic hydroxyl groups excluding tert-OH is 1. The van der Waals surface area contributed by atoms with Gasteiger partial charge in [0.2, 0.25) is 0 Å². The minimum atomic E-state index is -0.859. The maximum absolute atomic E-state index is 13.7. The average molecular weight is 516 g/mol. The van der Waals surface area contributed by atoms with Gasteiger partial charge in [-0.1, -0.05) is 36.4 Å². The molecule has 1 N–H and O–H groups in total. The summed E-state index contributed by atoms with van der Waals surface area (Å²) in [6.07, 6.45) is 0.416. The number of benzene rings is 2. The largest absolute Gasteiger partial charge is 0.394 e. The van der Waals surface area contributed by atoms with E-state index in [0.29, 0.717) is 16.8 Å². The molecule has 38 heavy (non-hydrogen) atoms. The van der Waals surface area contributed by atoms with E-state index in [1.54, 1.807) is 79.1 Å². The molecule has 0 unspecified atom stereocenters. The van der Waals surface area contributed by atoms with Gasteiger partial charge < -0.3 is 19.3 Å². The standard InChI is InChI=1S/C27H25N5O6/c1-27(2)37-20-18(13-33)36-26(21(20)38-27)31-15-30-19-22(31)28-14-29-23(19)32(24(34)16-9-5-3-6-10-16)25(35)17-11-7-4-8-12-17/h3-12,14-15,18,20-21,26,33H,13H2,1-2H3/t18-,20-,21-,26-/m1/s1. The van der Waals surface area contributed by atoms with E-state index in [4.69, 9.17) is 14.2 Å². The first-order valence-corrected chi connectivity index (χ1v) is 12.2. The second-order valence-electron chi connectivity index (χ2n) is 9.51. The molecule has 4 heterocycles. The lowest BCUT2D eigenvalue weighted by atomic mass is 10.1. The van der Waals surface area contributed by atoms with Crippen molar-refractivity contribution in [1.82, 2.24) is 19.5 Å². The number of imidazole rings is 1. The predicted molar refractivity (Wildman–Crippen MR) is 134 cm³/mol. The van der Waals surface area contributed by atoms with Crippen LogP contribution >= 0.6 is 0 Å². The lowest BCUT2D eigenvalue weighted by molar-refractivity contribution is -0.199. The summed E-state index contributed by atoms with van der Waals surface area (Å²) in [7, 11) is 0. The van der Waals surface area contributed by atoms with Crippen molar-refractivity contribution in [1.29, 1.82) is 0 Å². The number of ether oxygens (including phenoxy) is 3. The predicted octanol–water partition coefficient (Wildman–Crippen LogP) is 2.72. The molecular weight excluding hydrogens is 490 g/mol. The number of amides is 2. The summed E-state index contributed by atoms with van der Waals surface area (Å²) >= 11 is 0. The van der Waals surface area contributed by atoms with Crippen LogP contribution in [0.2, 0.25) is 0 Å². The number of nitrogens with zero attached hydrogens (tertiary/aromatic N) is 5. The van der Waals surface area contributed by atoms with E-state index in [2.05, 4.69) is 15.0 Å². The molecule has 2 aromatic heterocycles. The van der Waals surface area contributed by atoms with Crippen LogP contribution in [0, 0.1) is 0 Å². The molecule has 2 aromatic carbocycles. The summed E-state index contributed by atoms with van der Waals surface area (Å²) in [5.74, 6) is -1.93. The normalized spacial score (nSPS) is 23.9.